The van der Waals surface area contributed by atoms with Crippen LogP contribution in [0.4, 0.5) is 4.79 Å². The highest BCUT2D eigenvalue weighted by Crippen LogP contribution is 2.35. The van der Waals surface area contributed by atoms with Crippen LogP contribution >= 0.6 is 0 Å². The van der Waals surface area contributed by atoms with Crippen molar-refractivity contribution in [3.63, 3.8) is 0 Å². The van der Waals surface area contributed by atoms with Gasteiger partial charge in [-0.3, -0.25) is 19.4 Å². The van der Waals surface area contributed by atoms with Crippen LogP contribution in [-0.4, -0.2) is 70.1 Å². The van der Waals surface area contributed by atoms with Crippen LogP contribution in [0.5, 0.6) is 0 Å². The molecule has 0 unspecified atom stereocenters. The molecule has 0 radical (unpaired) electrons. The van der Waals surface area contributed by atoms with Gasteiger partial charge in [0.1, 0.15) is 5.60 Å². The molecule has 1 aliphatic rings. The summed E-state index contributed by atoms with van der Waals surface area (Å²) in [4.78, 5) is 62.5. The third-order valence-corrected chi connectivity index (χ3v) is 7.72. The third kappa shape index (κ3) is 7.17. The van der Waals surface area contributed by atoms with E-state index in [1.54, 1.807) is 58.3 Å². The summed E-state index contributed by atoms with van der Waals surface area (Å²) in [5.41, 5.74) is 3.17. The Bertz CT molecular complexity index is 1720. The van der Waals surface area contributed by atoms with Crippen molar-refractivity contribution < 1.29 is 23.9 Å². The lowest BCUT2D eigenvalue weighted by Crippen LogP contribution is -2.52. The molecule has 0 spiro atoms. The number of carbonyl (C=O) groups is 4. The molecule has 3 aromatic carbocycles. The van der Waals surface area contributed by atoms with Gasteiger partial charge in [0.05, 0.1) is 17.7 Å². The quantitative estimate of drug-likeness (QED) is 0.236. The number of benzene rings is 3. The molecule has 0 atom stereocenters. The fourth-order valence-electron chi connectivity index (χ4n) is 5.43. The van der Waals surface area contributed by atoms with E-state index in [-0.39, 0.29) is 35.0 Å². The first-order valence-electron chi connectivity index (χ1n) is 15.1. The second-order valence-corrected chi connectivity index (χ2v) is 12.1. The van der Waals surface area contributed by atoms with Gasteiger partial charge in [0.15, 0.2) is 11.6 Å². The van der Waals surface area contributed by atoms with E-state index in [9.17, 15) is 19.2 Å². The Labute approximate surface area is 263 Å². The Kier molecular flexibility index (Phi) is 9.23. The molecule has 230 valence electrons. The smallest absolute Gasteiger partial charge is 0.410 e. The van der Waals surface area contributed by atoms with Gasteiger partial charge in [0.2, 0.25) is 5.91 Å². The molecule has 1 aliphatic heterocycles. The van der Waals surface area contributed by atoms with Crippen molar-refractivity contribution in [2.24, 2.45) is 0 Å². The van der Waals surface area contributed by atoms with Crippen LogP contribution in [0.15, 0.2) is 91.1 Å². The highest BCUT2D eigenvalue weighted by Gasteiger charge is 2.31. The van der Waals surface area contributed by atoms with Crippen molar-refractivity contribution in [2.75, 3.05) is 26.2 Å². The van der Waals surface area contributed by atoms with Crippen LogP contribution in [0.25, 0.3) is 11.1 Å². The maximum absolute atomic E-state index is 14.3. The summed E-state index contributed by atoms with van der Waals surface area (Å²) < 4.78 is 5.49. The largest absolute Gasteiger partial charge is 0.444 e. The number of carbonyl (C=O) groups excluding carboxylic acids is 4. The van der Waals surface area contributed by atoms with Gasteiger partial charge >= 0.3 is 6.09 Å². The van der Waals surface area contributed by atoms with Crippen molar-refractivity contribution in [3.05, 3.63) is 125 Å². The van der Waals surface area contributed by atoms with E-state index in [4.69, 9.17) is 4.74 Å². The van der Waals surface area contributed by atoms with E-state index in [1.807, 2.05) is 64.1 Å². The van der Waals surface area contributed by atoms with Crippen molar-refractivity contribution >= 4 is 23.6 Å². The SMILES string of the molecule is Cc1ccccc1-c1c(C(=O)c2ccccc2)cnc(CC(=O)N2CCN(C(=O)OC(C)(C)C)CC2)c1C(=O)c1ccccc1. The number of amides is 2. The Hall–Kier alpha value is -5.11. The molecule has 2 amide bonds. The zero-order chi connectivity index (χ0) is 32.1. The minimum absolute atomic E-state index is 0.140. The fraction of sp³-hybridized carbons (Fsp3) is 0.270. The summed E-state index contributed by atoms with van der Waals surface area (Å²) in [7, 11) is 0. The molecule has 0 aliphatic carbocycles. The number of piperazine rings is 1. The lowest BCUT2D eigenvalue weighted by Gasteiger charge is -2.35. The van der Waals surface area contributed by atoms with Crippen molar-refractivity contribution in [1.29, 1.82) is 0 Å². The summed E-state index contributed by atoms with van der Waals surface area (Å²) in [5, 5.41) is 0. The van der Waals surface area contributed by atoms with Crippen LogP contribution in [-0.2, 0) is 16.0 Å². The topological polar surface area (TPSA) is 96.9 Å². The first-order valence-corrected chi connectivity index (χ1v) is 15.1. The highest BCUT2D eigenvalue weighted by molar-refractivity contribution is 6.20. The standard InChI is InChI=1S/C37H37N3O5/c1-25-13-11-12-18-28(25)32-29(34(42)26-14-7-5-8-15-26)24-38-30(33(32)35(43)27-16-9-6-10-17-27)23-31(41)39-19-21-40(22-20-39)36(44)45-37(2,3)4/h5-18,24H,19-23H2,1-4H3. The average Bonchev–Trinajstić information content (AvgIpc) is 3.04. The Morgan fingerprint density at radius 2 is 1.27 bits per heavy atom. The van der Waals surface area contributed by atoms with Crippen LogP contribution < -0.4 is 0 Å². The molecule has 1 aromatic heterocycles. The lowest BCUT2D eigenvalue weighted by molar-refractivity contribution is -0.132. The number of rotatable bonds is 7. The Morgan fingerprint density at radius 3 is 1.84 bits per heavy atom. The van der Waals surface area contributed by atoms with Gasteiger partial charge in [0, 0.05) is 54.6 Å². The maximum atomic E-state index is 14.3. The minimum Gasteiger partial charge on any atom is -0.444 e. The second kappa shape index (κ2) is 13.3. The van der Waals surface area contributed by atoms with E-state index in [2.05, 4.69) is 4.98 Å². The van der Waals surface area contributed by atoms with Crippen LogP contribution in [0, 0.1) is 6.92 Å². The predicted octanol–water partition coefficient (Wildman–Crippen LogP) is 6.14. The van der Waals surface area contributed by atoms with Crippen molar-refractivity contribution in [3.8, 4) is 11.1 Å². The molecule has 0 saturated carbocycles. The van der Waals surface area contributed by atoms with E-state index in [0.29, 0.717) is 48.6 Å². The summed E-state index contributed by atoms with van der Waals surface area (Å²) in [5.74, 6) is -0.799. The van der Waals surface area contributed by atoms with Gasteiger partial charge in [0.25, 0.3) is 0 Å². The number of hydrogen-bond acceptors (Lipinski definition) is 6. The first-order chi connectivity index (χ1) is 21.5. The van der Waals surface area contributed by atoms with Gasteiger partial charge < -0.3 is 14.5 Å². The molecule has 0 N–H and O–H groups in total. The highest BCUT2D eigenvalue weighted by atomic mass is 16.6. The number of ketones is 2. The summed E-state index contributed by atoms with van der Waals surface area (Å²) in [6.07, 6.45) is 0.939. The van der Waals surface area contributed by atoms with Gasteiger partial charge in [-0.2, -0.15) is 0 Å². The molecule has 1 fully saturated rings. The van der Waals surface area contributed by atoms with Crippen molar-refractivity contribution in [2.45, 2.75) is 39.7 Å². The second-order valence-electron chi connectivity index (χ2n) is 12.1. The van der Waals surface area contributed by atoms with Gasteiger partial charge in [-0.15, -0.1) is 0 Å². The van der Waals surface area contributed by atoms with E-state index in [0.717, 1.165) is 11.1 Å². The average molecular weight is 604 g/mol. The van der Waals surface area contributed by atoms with Crippen LogP contribution in [0.2, 0.25) is 0 Å². The first kappa shape index (κ1) is 31.3. The summed E-state index contributed by atoms with van der Waals surface area (Å²) >= 11 is 0. The van der Waals surface area contributed by atoms with E-state index >= 15 is 0 Å². The molecule has 4 aromatic rings. The van der Waals surface area contributed by atoms with E-state index in [1.165, 1.54) is 6.20 Å². The molecular weight excluding hydrogens is 566 g/mol. The molecule has 0 bridgehead atoms. The maximum Gasteiger partial charge on any atom is 0.410 e. The number of nitrogens with zero attached hydrogens (tertiary/aromatic N) is 3. The number of hydrogen-bond donors (Lipinski definition) is 0. The van der Waals surface area contributed by atoms with Crippen molar-refractivity contribution in [1.82, 2.24) is 14.8 Å². The van der Waals surface area contributed by atoms with E-state index < -0.39 is 11.7 Å². The summed E-state index contributed by atoms with van der Waals surface area (Å²) in [6, 6.07) is 25.3. The Morgan fingerprint density at radius 1 is 0.733 bits per heavy atom. The normalized spacial score (nSPS) is 13.3. The molecule has 8 heteroatoms. The molecule has 8 nitrogen and oxygen atoms in total. The van der Waals surface area contributed by atoms with Gasteiger partial charge in [-0.1, -0.05) is 84.9 Å². The number of ether oxygens (including phenoxy) is 1. The number of pyridine rings is 1. The fourth-order valence-corrected chi connectivity index (χ4v) is 5.43. The molecule has 45 heavy (non-hydrogen) atoms. The van der Waals surface area contributed by atoms with Crippen LogP contribution in [0.3, 0.4) is 0 Å². The third-order valence-electron chi connectivity index (χ3n) is 7.72. The molecular formula is C37H37N3O5. The Balaban J connectivity index is 1.56. The lowest BCUT2D eigenvalue weighted by atomic mass is 9.85. The van der Waals surface area contributed by atoms with Crippen LogP contribution in [0.1, 0.15) is 63.9 Å². The zero-order valence-electron chi connectivity index (χ0n) is 26.1. The minimum atomic E-state index is -0.611. The number of aromatic nitrogens is 1. The summed E-state index contributed by atoms with van der Waals surface area (Å²) in [6.45, 7) is 8.70. The molecule has 5 rings (SSSR count). The predicted molar refractivity (Wildman–Crippen MR) is 172 cm³/mol. The monoisotopic (exact) mass is 603 g/mol. The molecule has 1 saturated heterocycles. The van der Waals surface area contributed by atoms with Gasteiger partial charge in [-0.05, 0) is 38.8 Å². The van der Waals surface area contributed by atoms with Gasteiger partial charge in [-0.25, -0.2) is 4.79 Å². The molecule has 2 heterocycles. The number of aryl methyl sites for hydroxylation is 1. The zero-order valence-corrected chi connectivity index (χ0v) is 26.1.